The van der Waals surface area contributed by atoms with E-state index in [1.807, 2.05) is 62.4 Å². The first-order valence-electron chi connectivity index (χ1n) is 12.0. The summed E-state index contributed by atoms with van der Waals surface area (Å²) in [5.41, 5.74) is 6.77. The average Bonchev–Trinajstić information content (AvgIpc) is 2.87. The molecule has 6 heteroatoms. The predicted molar refractivity (Wildman–Crippen MR) is 145 cm³/mol. The fourth-order valence-corrected chi connectivity index (χ4v) is 4.03. The number of nitrogens with one attached hydrogen (secondary N) is 1. The molecule has 1 amide bonds. The van der Waals surface area contributed by atoms with Crippen molar-refractivity contribution in [2.45, 2.75) is 40.7 Å². The van der Waals surface area contributed by atoms with Crippen molar-refractivity contribution in [3.63, 3.8) is 0 Å². The summed E-state index contributed by atoms with van der Waals surface area (Å²) in [6.07, 6.45) is 0.927. The summed E-state index contributed by atoms with van der Waals surface area (Å²) in [6.45, 7) is 8.01. The van der Waals surface area contributed by atoms with Gasteiger partial charge < -0.3 is 5.32 Å². The van der Waals surface area contributed by atoms with Crippen LogP contribution in [0.25, 0.3) is 11.3 Å². The van der Waals surface area contributed by atoms with E-state index in [4.69, 9.17) is 0 Å². The maximum absolute atomic E-state index is 12.9. The molecule has 36 heavy (non-hydrogen) atoms. The first-order valence-corrected chi connectivity index (χ1v) is 12.0. The van der Waals surface area contributed by atoms with Crippen LogP contribution in [0.1, 0.15) is 46.5 Å². The van der Waals surface area contributed by atoms with E-state index in [-0.39, 0.29) is 18.0 Å². The molecule has 182 valence electrons. The molecule has 0 radical (unpaired) electrons. The van der Waals surface area contributed by atoms with Crippen molar-refractivity contribution in [3.8, 4) is 11.3 Å². The van der Waals surface area contributed by atoms with Crippen molar-refractivity contribution in [3.05, 3.63) is 117 Å². The second kappa shape index (κ2) is 11.0. The zero-order valence-corrected chi connectivity index (χ0v) is 21.1. The summed E-state index contributed by atoms with van der Waals surface area (Å²) in [7, 11) is 0. The third-order valence-corrected chi connectivity index (χ3v) is 6.02. The number of nitrogens with zero attached hydrogens (tertiary/aromatic N) is 3. The molecular weight excluding hydrogens is 448 g/mol. The average molecular weight is 479 g/mol. The molecule has 4 rings (SSSR count). The number of aryl methyl sites for hydroxylation is 3. The molecule has 0 saturated heterocycles. The highest BCUT2D eigenvalue weighted by molar-refractivity contribution is 6.06. The lowest BCUT2D eigenvalue weighted by Gasteiger charge is -2.12. The van der Waals surface area contributed by atoms with Crippen LogP contribution in [0, 0.1) is 13.8 Å². The number of carbonyl (C=O) groups excluding carboxylic acids is 1. The molecule has 6 nitrogen and oxygen atoms in total. The number of amides is 1. The van der Waals surface area contributed by atoms with Gasteiger partial charge >= 0.3 is 0 Å². The topological polar surface area (TPSA) is 76.3 Å². The Morgan fingerprint density at radius 1 is 0.917 bits per heavy atom. The first kappa shape index (κ1) is 24.8. The highest BCUT2D eigenvalue weighted by atomic mass is 16.1. The van der Waals surface area contributed by atoms with Crippen LogP contribution < -0.4 is 10.9 Å². The minimum atomic E-state index is -0.257. The van der Waals surface area contributed by atoms with Crippen molar-refractivity contribution in [1.29, 1.82) is 0 Å². The van der Waals surface area contributed by atoms with Gasteiger partial charge in [0.2, 0.25) is 0 Å². The molecule has 0 saturated carbocycles. The van der Waals surface area contributed by atoms with Crippen molar-refractivity contribution in [1.82, 2.24) is 15.1 Å². The Bertz CT molecular complexity index is 1500. The van der Waals surface area contributed by atoms with Gasteiger partial charge in [-0.05, 0) is 73.7 Å². The maximum Gasteiger partial charge on any atom is 0.267 e. The van der Waals surface area contributed by atoms with Crippen LogP contribution in [-0.4, -0.2) is 21.5 Å². The summed E-state index contributed by atoms with van der Waals surface area (Å²) >= 11 is 0. The minimum absolute atomic E-state index is 0.182. The van der Waals surface area contributed by atoms with Gasteiger partial charge in [-0.3, -0.25) is 9.59 Å². The highest BCUT2D eigenvalue weighted by Gasteiger charge is 2.12. The van der Waals surface area contributed by atoms with E-state index >= 15 is 0 Å². The Labute approximate surface area is 211 Å². The number of carbonyl (C=O) groups is 1. The second-order valence-electron chi connectivity index (χ2n) is 8.86. The monoisotopic (exact) mass is 478 g/mol. The van der Waals surface area contributed by atoms with Gasteiger partial charge in [-0.2, -0.15) is 5.10 Å². The SMILES string of the molecule is CCc1cccc(-c2nn(Cc3cccc(C(=O)N/C(C)=N/c4ccccc4C)c3)c(=O)cc2C)c1. The van der Waals surface area contributed by atoms with Gasteiger partial charge in [0.15, 0.2) is 0 Å². The molecule has 0 aliphatic heterocycles. The third-order valence-electron chi connectivity index (χ3n) is 6.02. The van der Waals surface area contributed by atoms with Crippen LogP contribution in [0.15, 0.2) is 88.6 Å². The van der Waals surface area contributed by atoms with E-state index in [0.29, 0.717) is 11.4 Å². The molecule has 0 aliphatic rings. The van der Waals surface area contributed by atoms with E-state index in [2.05, 4.69) is 34.5 Å². The number of aliphatic imine (C=N–C) groups is 1. The largest absolute Gasteiger partial charge is 0.310 e. The van der Waals surface area contributed by atoms with Crippen molar-refractivity contribution < 1.29 is 4.79 Å². The lowest BCUT2D eigenvalue weighted by molar-refractivity contribution is 0.0976. The molecule has 0 unspecified atom stereocenters. The standard InChI is InChI=1S/C30H30N4O2/c1-5-23-11-8-13-25(17-23)29-21(3)16-28(35)34(33-29)19-24-12-9-14-26(18-24)30(36)32-22(4)31-27-15-7-6-10-20(27)2/h6-18H,5,19H2,1-4H3,(H,31,32,36). The highest BCUT2D eigenvalue weighted by Crippen LogP contribution is 2.21. The fraction of sp³-hybridized carbons (Fsp3) is 0.200. The van der Waals surface area contributed by atoms with Crippen LogP contribution >= 0.6 is 0 Å². The summed E-state index contributed by atoms with van der Waals surface area (Å²) in [6, 6.07) is 24.8. The van der Waals surface area contributed by atoms with Crippen molar-refractivity contribution in [2.75, 3.05) is 0 Å². The number of rotatable bonds is 6. The Hall–Kier alpha value is -4.32. The molecule has 1 N–H and O–H groups in total. The lowest BCUT2D eigenvalue weighted by atomic mass is 10.0. The maximum atomic E-state index is 12.9. The van der Waals surface area contributed by atoms with E-state index in [1.54, 1.807) is 25.1 Å². The van der Waals surface area contributed by atoms with Crippen LogP contribution in [-0.2, 0) is 13.0 Å². The van der Waals surface area contributed by atoms with Gasteiger partial charge in [0.25, 0.3) is 11.5 Å². The quantitative estimate of drug-likeness (QED) is 0.289. The fourth-order valence-electron chi connectivity index (χ4n) is 4.03. The van der Waals surface area contributed by atoms with Crippen LogP contribution in [0.3, 0.4) is 0 Å². The number of hydrogen-bond donors (Lipinski definition) is 1. The first-order chi connectivity index (χ1) is 17.3. The summed E-state index contributed by atoms with van der Waals surface area (Å²) in [5.74, 6) is 0.253. The van der Waals surface area contributed by atoms with Crippen LogP contribution in [0.2, 0.25) is 0 Å². The second-order valence-corrected chi connectivity index (χ2v) is 8.86. The van der Waals surface area contributed by atoms with E-state index in [9.17, 15) is 9.59 Å². The van der Waals surface area contributed by atoms with E-state index in [1.165, 1.54) is 10.2 Å². The van der Waals surface area contributed by atoms with Gasteiger partial charge in [-0.15, -0.1) is 0 Å². The minimum Gasteiger partial charge on any atom is -0.310 e. The third kappa shape index (κ3) is 5.84. The summed E-state index contributed by atoms with van der Waals surface area (Å²) < 4.78 is 1.45. The molecule has 0 bridgehead atoms. The van der Waals surface area contributed by atoms with Crippen molar-refractivity contribution >= 4 is 17.4 Å². The number of benzene rings is 3. The van der Waals surface area contributed by atoms with Gasteiger partial charge in [0.1, 0.15) is 5.84 Å². The molecule has 0 fully saturated rings. The summed E-state index contributed by atoms with van der Waals surface area (Å²) in [4.78, 5) is 30.1. The summed E-state index contributed by atoms with van der Waals surface area (Å²) in [5, 5.41) is 7.53. The molecule has 1 heterocycles. The molecule has 4 aromatic rings. The number of amidine groups is 1. The predicted octanol–water partition coefficient (Wildman–Crippen LogP) is 5.62. The molecule has 0 aliphatic carbocycles. The number of aromatic nitrogens is 2. The smallest absolute Gasteiger partial charge is 0.267 e. The Morgan fingerprint density at radius 2 is 1.67 bits per heavy atom. The zero-order valence-electron chi connectivity index (χ0n) is 21.1. The molecule has 0 spiro atoms. The van der Waals surface area contributed by atoms with Gasteiger partial charge in [-0.1, -0.05) is 55.5 Å². The van der Waals surface area contributed by atoms with Gasteiger partial charge in [0, 0.05) is 17.2 Å². The van der Waals surface area contributed by atoms with E-state index in [0.717, 1.165) is 40.1 Å². The number of para-hydroxylation sites is 1. The lowest BCUT2D eigenvalue weighted by Crippen LogP contribution is -2.28. The Balaban J connectivity index is 1.56. The molecule has 3 aromatic carbocycles. The Morgan fingerprint density at radius 3 is 2.44 bits per heavy atom. The molecule has 1 aromatic heterocycles. The van der Waals surface area contributed by atoms with Gasteiger partial charge in [0.05, 0.1) is 17.9 Å². The van der Waals surface area contributed by atoms with Gasteiger partial charge in [-0.25, -0.2) is 9.67 Å². The molecular formula is C30H30N4O2. The number of hydrogen-bond acceptors (Lipinski definition) is 4. The molecule has 0 atom stereocenters. The zero-order chi connectivity index (χ0) is 25.7. The van der Waals surface area contributed by atoms with Crippen LogP contribution in [0.5, 0.6) is 0 Å². The van der Waals surface area contributed by atoms with Crippen LogP contribution in [0.4, 0.5) is 5.69 Å². The Kier molecular flexibility index (Phi) is 7.54. The van der Waals surface area contributed by atoms with Crippen molar-refractivity contribution in [2.24, 2.45) is 4.99 Å². The normalized spacial score (nSPS) is 11.4. The van der Waals surface area contributed by atoms with E-state index < -0.39 is 0 Å².